The number of halogens is 1. The van der Waals surface area contributed by atoms with Crippen LogP contribution >= 0.6 is 0 Å². The van der Waals surface area contributed by atoms with Gasteiger partial charge in [0.2, 0.25) is 0 Å². The minimum atomic E-state index is -0.469. The monoisotopic (exact) mass is 210 g/mol. The van der Waals surface area contributed by atoms with Crippen LogP contribution in [0.15, 0.2) is 24.3 Å². The van der Waals surface area contributed by atoms with Gasteiger partial charge < -0.3 is 11.1 Å². The third kappa shape index (κ3) is 4.08. The van der Waals surface area contributed by atoms with Crippen molar-refractivity contribution < 1.29 is 9.18 Å². The number of nitrogens with two attached hydrogens (primary N) is 1. The van der Waals surface area contributed by atoms with Crippen LogP contribution in [0.1, 0.15) is 24.2 Å². The highest BCUT2D eigenvalue weighted by molar-refractivity contribution is 5.94. The number of hydrogen-bond donors (Lipinski definition) is 2. The molecule has 0 heterocycles. The maximum absolute atomic E-state index is 12.8. The molecule has 0 atom stereocenters. The molecule has 3 nitrogen and oxygen atoms in total. The summed E-state index contributed by atoms with van der Waals surface area (Å²) in [5, 5.41) is 2.64. The van der Waals surface area contributed by atoms with Gasteiger partial charge in [-0.3, -0.25) is 4.79 Å². The van der Waals surface area contributed by atoms with Crippen molar-refractivity contribution in [2.45, 2.75) is 19.4 Å². The summed E-state index contributed by atoms with van der Waals surface area (Å²) in [6.45, 7) is 3.96. The van der Waals surface area contributed by atoms with Crippen LogP contribution in [0, 0.1) is 5.82 Å². The molecule has 0 aliphatic heterocycles. The van der Waals surface area contributed by atoms with Gasteiger partial charge in [0.1, 0.15) is 5.82 Å². The van der Waals surface area contributed by atoms with Crippen molar-refractivity contribution in [1.82, 2.24) is 5.32 Å². The molecule has 4 heteroatoms. The first-order valence-electron chi connectivity index (χ1n) is 4.71. The zero-order chi connectivity index (χ0) is 11.5. The van der Waals surface area contributed by atoms with E-state index in [1.807, 2.05) is 0 Å². The molecule has 1 aromatic rings. The Labute approximate surface area is 88.5 Å². The van der Waals surface area contributed by atoms with Crippen molar-refractivity contribution in [3.8, 4) is 0 Å². The largest absolute Gasteiger partial charge is 0.350 e. The average molecular weight is 210 g/mol. The van der Waals surface area contributed by atoms with Gasteiger partial charge in [0, 0.05) is 17.6 Å². The molecule has 0 radical (unpaired) electrons. The topological polar surface area (TPSA) is 55.1 Å². The van der Waals surface area contributed by atoms with E-state index in [1.54, 1.807) is 19.9 Å². The van der Waals surface area contributed by atoms with Crippen LogP contribution in [-0.4, -0.2) is 18.0 Å². The van der Waals surface area contributed by atoms with Gasteiger partial charge in [-0.05, 0) is 32.0 Å². The number of hydrogen-bond acceptors (Lipinski definition) is 2. The molecule has 1 aromatic carbocycles. The van der Waals surface area contributed by atoms with Crippen molar-refractivity contribution >= 4 is 5.91 Å². The molecule has 0 aromatic heterocycles. The summed E-state index contributed by atoms with van der Waals surface area (Å²) in [6, 6.07) is 5.54. The van der Waals surface area contributed by atoms with Gasteiger partial charge >= 0.3 is 0 Å². The van der Waals surface area contributed by atoms with E-state index in [4.69, 9.17) is 5.73 Å². The van der Waals surface area contributed by atoms with Crippen molar-refractivity contribution in [2.24, 2.45) is 5.73 Å². The number of rotatable bonds is 3. The Bertz CT molecular complexity index is 358. The van der Waals surface area contributed by atoms with Crippen LogP contribution in [0.25, 0.3) is 0 Å². The van der Waals surface area contributed by atoms with Gasteiger partial charge in [0.15, 0.2) is 0 Å². The first-order chi connectivity index (χ1) is 6.88. The number of benzene rings is 1. The lowest BCUT2D eigenvalue weighted by Crippen LogP contribution is -2.45. The molecule has 0 spiro atoms. The quantitative estimate of drug-likeness (QED) is 0.790. The highest BCUT2D eigenvalue weighted by atomic mass is 19.1. The third-order valence-corrected chi connectivity index (χ3v) is 1.79. The molecule has 0 saturated carbocycles. The zero-order valence-corrected chi connectivity index (χ0v) is 8.88. The minimum absolute atomic E-state index is 0.305. The van der Waals surface area contributed by atoms with Crippen molar-refractivity contribution in [2.75, 3.05) is 6.54 Å². The highest BCUT2D eigenvalue weighted by Gasteiger charge is 2.13. The van der Waals surface area contributed by atoms with Gasteiger partial charge in [-0.25, -0.2) is 4.39 Å². The minimum Gasteiger partial charge on any atom is -0.350 e. The molecule has 0 aliphatic rings. The molecule has 15 heavy (non-hydrogen) atoms. The van der Waals surface area contributed by atoms with Gasteiger partial charge in [-0.1, -0.05) is 6.07 Å². The molecule has 1 rings (SSSR count). The summed E-state index contributed by atoms with van der Waals surface area (Å²) >= 11 is 0. The smallest absolute Gasteiger partial charge is 0.251 e. The summed E-state index contributed by atoms with van der Waals surface area (Å²) in [5.74, 6) is -0.734. The van der Waals surface area contributed by atoms with E-state index in [0.717, 1.165) is 0 Å². The molecule has 0 aliphatic carbocycles. The van der Waals surface area contributed by atoms with Crippen molar-refractivity contribution in [3.63, 3.8) is 0 Å². The average Bonchev–Trinajstić information content (AvgIpc) is 2.13. The zero-order valence-electron chi connectivity index (χ0n) is 8.88. The van der Waals surface area contributed by atoms with Gasteiger partial charge in [0.05, 0.1) is 0 Å². The molecular weight excluding hydrogens is 195 g/mol. The maximum Gasteiger partial charge on any atom is 0.251 e. The Hall–Kier alpha value is -1.42. The summed E-state index contributed by atoms with van der Waals surface area (Å²) in [6.07, 6.45) is 0. The number of nitrogens with one attached hydrogen (secondary N) is 1. The molecule has 82 valence electrons. The van der Waals surface area contributed by atoms with E-state index in [9.17, 15) is 9.18 Å². The molecule has 1 amide bonds. The molecule has 0 unspecified atom stereocenters. The van der Waals surface area contributed by atoms with E-state index >= 15 is 0 Å². The van der Waals surface area contributed by atoms with Gasteiger partial charge in [-0.15, -0.1) is 0 Å². The Balaban J connectivity index is 2.62. The SMILES string of the molecule is CC(C)(N)CNC(=O)c1cccc(F)c1. The second kappa shape index (κ2) is 4.40. The first-order valence-corrected chi connectivity index (χ1v) is 4.71. The molecule has 0 fully saturated rings. The maximum atomic E-state index is 12.8. The van der Waals surface area contributed by atoms with Crippen LogP contribution < -0.4 is 11.1 Å². The first kappa shape index (κ1) is 11.7. The predicted octanol–water partition coefficient (Wildman–Crippen LogP) is 1.29. The lowest BCUT2D eigenvalue weighted by atomic mass is 10.1. The second-order valence-corrected chi connectivity index (χ2v) is 4.18. The van der Waals surface area contributed by atoms with Crippen LogP contribution in [-0.2, 0) is 0 Å². The second-order valence-electron chi connectivity index (χ2n) is 4.18. The van der Waals surface area contributed by atoms with Gasteiger partial charge in [0.25, 0.3) is 5.91 Å². The Kier molecular flexibility index (Phi) is 3.42. The number of carbonyl (C=O) groups excluding carboxylic acids is 1. The molecular formula is C11H15FN2O. The van der Waals surface area contributed by atoms with E-state index in [-0.39, 0.29) is 5.91 Å². The standard InChI is InChI=1S/C11H15FN2O/c1-11(2,13)7-14-10(15)8-4-3-5-9(12)6-8/h3-6H,7,13H2,1-2H3,(H,14,15). The van der Waals surface area contributed by atoms with E-state index in [0.29, 0.717) is 12.1 Å². The van der Waals surface area contributed by atoms with Crippen molar-refractivity contribution in [3.05, 3.63) is 35.6 Å². The highest BCUT2D eigenvalue weighted by Crippen LogP contribution is 2.03. The molecule has 3 N–H and O–H groups in total. The van der Waals surface area contributed by atoms with Crippen molar-refractivity contribution in [1.29, 1.82) is 0 Å². The summed E-state index contributed by atoms with van der Waals surface area (Å²) in [5.41, 5.74) is 5.54. The van der Waals surface area contributed by atoms with E-state index < -0.39 is 11.4 Å². The lowest BCUT2D eigenvalue weighted by Gasteiger charge is -2.18. The predicted molar refractivity (Wildman–Crippen MR) is 57.0 cm³/mol. The van der Waals surface area contributed by atoms with E-state index in [2.05, 4.69) is 5.32 Å². The number of carbonyl (C=O) groups is 1. The fraction of sp³-hybridized carbons (Fsp3) is 0.364. The van der Waals surface area contributed by atoms with Crippen LogP contribution in [0.3, 0.4) is 0 Å². The summed E-state index contributed by atoms with van der Waals surface area (Å²) < 4.78 is 12.8. The normalized spacial score (nSPS) is 11.2. The van der Waals surface area contributed by atoms with Crippen LogP contribution in [0.2, 0.25) is 0 Å². The third-order valence-electron chi connectivity index (χ3n) is 1.79. The van der Waals surface area contributed by atoms with E-state index in [1.165, 1.54) is 18.2 Å². The summed E-state index contributed by atoms with van der Waals surface area (Å²) in [4.78, 5) is 11.5. The van der Waals surface area contributed by atoms with Crippen LogP contribution in [0.5, 0.6) is 0 Å². The Morgan fingerprint density at radius 1 is 1.53 bits per heavy atom. The fourth-order valence-corrected chi connectivity index (χ4v) is 1.04. The number of amides is 1. The molecule has 0 bridgehead atoms. The summed E-state index contributed by atoms with van der Waals surface area (Å²) in [7, 11) is 0. The fourth-order valence-electron chi connectivity index (χ4n) is 1.04. The van der Waals surface area contributed by atoms with Crippen LogP contribution in [0.4, 0.5) is 4.39 Å². The molecule has 0 saturated heterocycles. The van der Waals surface area contributed by atoms with Gasteiger partial charge in [-0.2, -0.15) is 0 Å². The Morgan fingerprint density at radius 2 is 2.20 bits per heavy atom. The Morgan fingerprint density at radius 3 is 2.73 bits per heavy atom. The lowest BCUT2D eigenvalue weighted by molar-refractivity contribution is 0.0945.